The molecular formula is C18H30IN3S. The van der Waals surface area contributed by atoms with E-state index in [2.05, 4.69) is 28.1 Å². The van der Waals surface area contributed by atoms with Crippen molar-refractivity contribution in [3.63, 3.8) is 0 Å². The highest BCUT2D eigenvalue weighted by molar-refractivity contribution is 14.0. The van der Waals surface area contributed by atoms with Gasteiger partial charge in [0.1, 0.15) is 0 Å². The van der Waals surface area contributed by atoms with Crippen LogP contribution in [-0.4, -0.2) is 24.6 Å². The number of hydrogen-bond acceptors (Lipinski definition) is 2. The first-order valence-corrected chi connectivity index (χ1v) is 9.88. The molecule has 0 unspecified atom stereocenters. The number of hydrogen-bond donors (Lipinski definition) is 2. The van der Waals surface area contributed by atoms with Gasteiger partial charge in [-0.2, -0.15) is 0 Å². The van der Waals surface area contributed by atoms with Crippen molar-refractivity contribution in [2.45, 2.75) is 76.3 Å². The molecule has 0 aliphatic heterocycles. The summed E-state index contributed by atoms with van der Waals surface area (Å²) in [6, 6.07) is 5.60. The van der Waals surface area contributed by atoms with Gasteiger partial charge in [0.05, 0.1) is 0 Å². The minimum atomic E-state index is 0. The summed E-state index contributed by atoms with van der Waals surface area (Å²) in [6.45, 7) is 0.884. The van der Waals surface area contributed by atoms with Gasteiger partial charge in [0.25, 0.3) is 0 Å². The Morgan fingerprint density at radius 2 is 1.61 bits per heavy atom. The maximum Gasteiger partial charge on any atom is 0.191 e. The summed E-state index contributed by atoms with van der Waals surface area (Å²) in [7, 11) is 0. The van der Waals surface area contributed by atoms with Gasteiger partial charge in [-0.25, -0.2) is 0 Å². The van der Waals surface area contributed by atoms with Crippen LogP contribution in [0.4, 0.5) is 0 Å². The van der Waals surface area contributed by atoms with E-state index in [1.165, 1.54) is 62.7 Å². The van der Waals surface area contributed by atoms with E-state index in [1.807, 2.05) is 11.3 Å². The Morgan fingerprint density at radius 1 is 1.00 bits per heavy atom. The molecular weight excluding hydrogens is 417 g/mol. The van der Waals surface area contributed by atoms with Crippen LogP contribution < -0.4 is 10.6 Å². The van der Waals surface area contributed by atoms with Crippen LogP contribution in [0.3, 0.4) is 0 Å². The van der Waals surface area contributed by atoms with Crippen molar-refractivity contribution in [3.8, 4) is 0 Å². The molecule has 2 saturated carbocycles. The summed E-state index contributed by atoms with van der Waals surface area (Å²) in [5.41, 5.74) is 0. The Bertz CT molecular complexity index is 449. The molecule has 3 rings (SSSR count). The van der Waals surface area contributed by atoms with Gasteiger partial charge in [0.2, 0.25) is 0 Å². The normalized spacial score (nSPS) is 20.3. The molecule has 0 radical (unpaired) electrons. The largest absolute Gasteiger partial charge is 0.354 e. The molecule has 0 bridgehead atoms. The van der Waals surface area contributed by atoms with E-state index < -0.39 is 0 Å². The lowest BCUT2D eigenvalue weighted by molar-refractivity contribution is 0.407. The molecule has 1 aromatic heterocycles. The molecule has 2 aliphatic rings. The van der Waals surface area contributed by atoms with Crippen molar-refractivity contribution in [3.05, 3.63) is 22.4 Å². The van der Waals surface area contributed by atoms with Crippen molar-refractivity contribution in [1.82, 2.24) is 10.6 Å². The first-order chi connectivity index (χ1) is 10.9. The van der Waals surface area contributed by atoms with Gasteiger partial charge in [-0.1, -0.05) is 38.2 Å². The fourth-order valence-corrected chi connectivity index (χ4v) is 4.27. The fraction of sp³-hybridized carbons (Fsp3) is 0.722. The van der Waals surface area contributed by atoms with Crippen molar-refractivity contribution >= 4 is 41.3 Å². The lowest BCUT2D eigenvalue weighted by Crippen LogP contribution is -2.47. The van der Waals surface area contributed by atoms with E-state index in [0.717, 1.165) is 18.9 Å². The average molecular weight is 447 g/mol. The smallest absolute Gasteiger partial charge is 0.191 e. The molecule has 130 valence electrons. The van der Waals surface area contributed by atoms with Crippen LogP contribution in [0.15, 0.2) is 22.5 Å². The maximum absolute atomic E-state index is 4.86. The fourth-order valence-electron chi connectivity index (χ4n) is 3.57. The van der Waals surface area contributed by atoms with E-state index in [1.54, 1.807) is 0 Å². The first kappa shape index (κ1) is 19.0. The molecule has 5 heteroatoms. The van der Waals surface area contributed by atoms with Gasteiger partial charge in [0, 0.05) is 29.9 Å². The van der Waals surface area contributed by atoms with Gasteiger partial charge in [-0.3, -0.25) is 4.99 Å². The number of nitrogens with zero attached hydrogens (tertiary/aromatic N) is 1. The predicted molar refractivity (Wildman–Crippen MR) is 111 cm³/mol. The van der Waals surface area contributed by atoms with Crippen LogP contribution in [0.1, 0.15) is 62.7 Å². The summed E-state index contributed by atoms with van der Waals surface area (Å²) >= 11 is 1.83. The highest BCUT2D eigenvalue weighted by Crippen LogP contribution is 2.19. The minimum absolute atomic E-state index is 0. The molecule has 0 aromatic carbocycles. The molecule has 0 spiro atoms. The summed E-state index contributed by atoms with van der Waals surface area (Å²) in [5.74, 6) is 1.07. The van der Waals surface area contributed by atoms with Gasteiger partial charge >= 0.3 is 0 Å². The monoisotopic (exact) mass is 447 g/mol. The molecule has 2 aliphatic carbocycles. The average Bonchev–Trinajstić information content (AvgIpc) is 3.22. The zero-order chi connectivity index (χ0) is 15.0. The van der Waals surface area contributed by atoms with Crippen molar-refractivity contribution in [2.75, 3.05) is 6.54 Å². The van der Waals surface area contributed by atoms with Crippen molar-refractivity contribution in [1.29, 1.82) is 0 Å². The highest BCUT2D eigenvalue weighted by Gasteiger charge is 2.19. The Labute approximate surface area is 161 Å². The number of nitrogens with one attached hydrogen (secondary N) is 2. The maximum atomic E-state index is 4.86. The topological polar surface area (TPSA) is 36.4 Å². The van der Waals surface area contributed by atoms with E-state index in [0.29, 0.717) is 12.1 Å². The second kappa shape index (κ2) is 10.5. The number of rotatable bonds is 5. The van der Waals surface area contributed by atoms with Crippen LogP contribution in [0, 0.1) is 0 Å². The number of guanidine groups is 1. The lowest BCUT2D eigenvalue weighted by atomic mass is 9.96. The van der Waals surface area contributed by atoms with Crippen LogP contribution in [0.2, 0.25) is 0 Å². The molecule has 23 heavy (non-hydrogen) atoms. The molecule has 1 heterocycles. The molecule has 2 fully saturated rings. The summed E-state index contributed by atoms with van der Waals surface area (Å²) < 4.78 is 0. The Hall–Kier alpha value is -0.300. The summed E-state index contributed by atoms with van der Waals surface area (Å²) in [6.07, 6.45) is 13.1. The Balaban J connectivity index is 0.00000192. The lowest BCUT2D eigenvalue weighted by Gasteiger charge is -2.26. The summed E-state index contributed by atoms with van der Waals surface area (Å²) in [5, 5.41) is 9.54. The molecule has 3 nitrogen and oxygen atoms in total. The van der Waals surface area contributed by atoms with Gasteiger partial charge in [0.15, 0.2) is 5.96 Å². The van der Waals surface area contributed by atoms with E-state index in [-0.39, 0.29) is 24.0 Å². The quantitative estimate of drug-likeness (QED) is 0.389. The zero-order valence-corrected chi connectivity index (χ0v) is 17.1. The SMILES string of the molecule is I.c1csc(CCN=C(NC2CCCCC2)NC2CCCC2)c1. The number of aliphatic imine (C=N–C) groups is 1. The molecule has 0 amide bonds. The molecule has 0 saturated heterocycles. The Morgan fingerprint density at radius 3 is 2.17 bits per heavy atom. The third-order valence-corrected chi connectivity index (χ3v) is 5.79. The van der Waals surface area contributed by atoms with Crippen molar-refractivity contribution < 1.29 is 0 Å². The second-order valence-electron chi connectivity index (χ2n) is 6.66. The van der Waals surface area contributed by atoms with Crippen LogP contribution >= 0.6 is 35.3 Å². The first-order valence-electron chi connectivity index (χ1n) is 9.00. The third kappa shape index (κ3) is 6.61. The second-order valence-corrected chi connectivity index (χ2v) is 7.70. The number of halogens is 1. The van der Waals surface area contributed by atoms with Gasteiger partial charge < -0.3 is 10.6 Å². The van der Waals surface area contributed by atoms with Gasteiger partial charge in [-0.05, 0) is 37.1 Å². The molecule has 0 atom stereocenters. The van der Waals surface area contributed by atoms with Crippen LogP contribution in [-0.2, 0) is 6.42 Å². The van der Waals surface area contributed by atoms with Gasteiger partial charge in [-0.15, -0.1) is 35.3 Å². The van der Waals surface area contributed by atoms with Crippen LogP contribution in [0.5, 0.6) is 0 Å². The molecule has 1 aromatic rings. The standard InChI is InChI=1S/C18H29N3S.HI/c1-2-7-15(8-3-1)20-18(21-16-9-4-5-10-16)19-13-12-17-11-6-14-22-17;/h6,11,14-16H,1-5,7-10,12-13H2,(H2,19,20,21);1H. The third-order valence-electron chi connectivity index (χ3n) is 4.85. The van der Waals surface area contributed by atoms with Crippen LogP contribution in [0.25, 0.3) is 0 Å². The highest BCUT2D eigenvalue weighted by atomic mass is 127. The Kier molecular flexibility index (Phi) is 8.72. The predicted octanol–water partition coefficient (Wildman–Crippen LogP) is 4.72. The zero-order valence-electron chi connectivity index (χ0n) is 13.9. The van der Waals surface area contributed by atoms with E-state index >= 15 is 0 Å². The van der Waals surface area contributed by atoms with E-state index in [9.17, 15) is 0 Å². The summed E-state index contributed by atoms with van der Waals surface area (Å²) in [4.78, 5) is 6.29. The number of thiophene rings is 1. The van der Waals surface area contributed by atoms with E-state index in [4.69, 9.17) is 4.99 Å². The van der Waals surface area contributed by atoms with Crippen molar-refractivity contribution in [2.24, 2.45) is 4.99 Å². The molecule has 2 N–H and O–H groups in total. The minimum Gasteiger partial charge on any atom is -0.354 e.